The van der Waals surface area contributed by atoms with Crippen LogP contribution in [-0.2, 0) is 0 Å². The molecular weight excluding hydrogens is 228 g/mol. The predicted octanol–water partition coefficient (Wildman–Crippen LogP) is 2.78. The normalized spacial score (nSPS) is 11.0. The number of hydrogen-bond acceptors (Lipinski definition) is 4. The Hall–Kier alpha value is -1.55. The number of para-hydroxylation sites is 1. The zero-order chi connectivity index (χ0) is 11.7. The Bertz CT molecular complexity index is 529. The van der Waals surface area contributed by atoms with E-state index in [0.717, 1.165) is 0 Å². The zero-order valence-corrected chi connectivity index (χ0v) is 9.69. The van der Waals surface area contributed by atoms with Crippen LogP contribution in [0.15, 0.2) is 18.2 Å². The van der Waals surface area contributed by atoms with Crippen LogP contribution in [0.2, 0.25) is 5.15 Å². The molecule has 1 heterocycles. The molecule has 0 fully saturated rings. The maximum atomic E-state index is 9.31. The van der Waals surface area contributed by atoms with Gasteiger partial charge in [0.1, 0.15) is 16.4 Å². The molecule has 0 amide bonds. The highest BCUT2D eigenvalue weighted by molar-refractivity contribution is 6.34. The Morgan fingerprint density at radius 1 is 1.31 bits per heavy atom. The maximum Gasteiger partial charge on any atom is 0.316 e. The average Bonchev–Trinajstić information content (AvgIpc) is 2.18. The minimum Gasteiger partial charge on any atom is -0.489 e. The van der Waals surface area contributed by atoms with Crippen LogP contribution >= 0.6 is 11.6 Å². The fraction of sp³-hybridized carbons (Fsp3) is 0.273. The van der Waals surface area contributed by atoms with Crippen molar-refractivity contribution in [2.75, 3.05) is 0 Å². The van der Waals surface area contributed by atoms with Crippen molar-refractivity contribution in [1.29, 1.82) is 0 Å². The Kier molecular flexibility index (Phi) is 2.83. The number of benzene rings is 1. The second-order valence-corrected chi connectivity index (χ2v) is 3.99. The summed E-state index contributed by atoms with van der Waals surface area (Å²) >= 11 is 5.90. The van der Waals surface area contributed by atoms with E-state index in [4.69, 9.17) is 16.3 Å². The number of halogens is 1. The van der Waals surface area contributed by atoms with Crippen molar-refractivity contribution >= 4 is 22.5 Å². The molecular formula is C11H11ClN2O2. The molecule has 2 aromatic rings. The summed E-state index contributed by atoms with van der Waals surface area (Å²) in [5, 5.41) is 10.2. The molecule has 0 aliphatic carbocycles. The quantitative estimate of drug-likeness (QED) is 0.818. The summed E-state index contributed by atoms with van der Waals surface area (Å²) in [5.41, 5.74) is 0.522. The van der Waals surface area contributed by atoms with Gasteiger partial charge in [0.2, 0.25) is 0 Å². The third kappa shape index (κ3) is 2.02. The lowest BCUT2D eigenvalue weighted by Gasteiger charge is -2.11. The van der Waals surface area contributed by atoms with E-state index in [1.807, 2.05) is 19.9 Å². The number of rotatable bonds is 2. The first-order valence-corrected chi connectivity index (χ1v) is 5.27. The standard InChI is InChI=1S/C11H11ClN2O2/c1-6(2)16-8-5-3-4-7-9(8)13-11(15)14-10(7)12/h3-6H,1-2H3,(H,13,14,15). The SMILES string of the molecule is CC(C)Oc1cccc2c(Cl)nc(O)nc12. The van der Waals surface area contributed by atoms with Crippen molar-refractivity contribution in [2.45, 2.75) is 20.0 Å². The fourth-order valence-corrected chi connectivity index (χ4v) is 1.65. The van der Waals surface area contributed by atoms with Crippen molar-refractivity contribution in [3.63, 3.8) is 0 Å². The van der Waals surface area contributed by atoms with E-state index in [2.05, 4.69) is 9.97 Å². The summed E-state index contributed by atoms with van der Waals surface area (Å²) in [6.45, 7) is 3.84. The molecule has 4 nitrogen and oxygen atoms in total. The molecule has 0 atom stereocenters. The van der Waals surface area contributed by atoms with Gasteiger partial charge in [-0.25, -0.2) is 0 Å². The highest BCUT2D eigenvalue weighted by atomic mass is 35.5. The molecule has 0 bridgehead atoms. The van der Waals surface area contributed by atoms with Gasteiger partial charge in [-0.3, -0.25) is 0 Å². The molecule has 0 radical (unpaired) electrons. The van der Waals surface area contributed by atoms with Gasteiger partial charge in [-0.05, 0) is 26.0 Å². The Morgan fingerprint density at radius 3 is 2.75 bits per heavy atom. The van der Waals surface area contributed by atoms with Gasteiger partial charge < -0.3 is 9.84 Å². The van der Waals surface area contributed by atoms with E-state index in [1.54, 1.807) is 12.1 Å². The van der Waals surface area contributed by atoms with Crippen LogP contribution in [0.5, 0.6) is 11.8 Å². The van der Waals surface area contributed by atoms with Gasteiger partial charge in [0.25, 0.3) is 0 Å². The van der Waals surface area contributed by atoms with Gasteiger partial charge in [0, 0.05) is 5.39 Å². The summed E-state index contributed by atoms with van der Waals surface area (Å²) < 4.78 is 5.58. The molecule has 0 saturated carbocycles. The second-order valence-electron chi connectivity index (χ2n) is 3.63. The Morgan fingerprint density at radius 2 is 2.06 bits per heavy atom. The van der Waals surface area contributed by atoms with E-state index in [9.17, 15) is 5.11 Å². The third-order valence-electron chi connectivity index (χ3n) is 1.99. The van der Waals surface area contributed by atoms with Crippen molar-refractivity contribution in [3.8, 4) is 11.8 Å². The molecule has 16 heavy (non-hydrogen) atoms. The number of ether oxygens (including phenoxy) is 1. The molecule has 1 N–H and O–H groups in total. The molecule has 0 aliphatic rings. The molecule has 0 saturated heterocycles. The molecule has 84 valence electrons. The van der Waals surface area contributed by atoms with Crippen LogP contribution in [0.3, 0.4) is 0 Å². The molecule has 1 aromatic carbocycles. The van der Waals surface area contributed by atoms with Gasteiger partial charge in [0.05, 0.1) is 6.10 Å². The first kappa shape index (κ1) is 11.0. The monoisotopic (exact) mass is 238 g/mol. The van der Waals surface area contributed by atoms with E-state index < -0.39 is 0 Å². The Labute approximate surface area is 97.9 Å². The van der Waals surface area contributed by atoms with E-state index in [1.165, 1.54) is 0 Å². The van der Waals surface area contributed by atoms with Crippen LogP contribution in [0.1, 0.15) is 13.8 Å². The highest BCUT2D eigenvalue weighted by Crippen LogP contribution is 2.29. The predicted molar refractivity (Wildman–Crippen MR) is 62.0 cm³/mol. The van der Waals surface area contributed by atoms with Gasteiger partial charge in [0.15, 0.2) is 0 Å². The number of fused-ring (bicyclic) bond motifs is 1. The van der Waals surface area contributed by atoms with Crippen molar-refractivity contribution in [3.05, 3.63) is 23.4 Å². The minimum absolute atomic E-state index is 0.0292. The van der Waals surface area contributed by atoms with Crippen molar-refractivity contribution in [1.82, 2.24) is 9.97 Å². The lowest BCUT2D eigenvalue weighted by molar-refractivity contribution is 0.245. The van der Waals surface area contributed by atoms with E-state index in [0.29, 0.717) is 16.7 Å². The second kappa shape index (κ2) is 4.14. The first-order chi connectivity index (χ1) is 7.58. The summed E-state index contributed by atoms with van der Waals surface area (Å²) in [6.07, 6.45) is 0.0292. The minimum atomic E-state index is -0.350. The number of aromatic nitrogens is 2. The van der Waals surface area contributed by atoms with E-state index >= 15 is 0 Å². The molecule has 1 aromatic heterocycles. The zero-order valence-electron chi connectivity index (χ0n) is 8.94. The smallest absolute Gasteiger partial charge is 0.316 e. The molecule has 0 aliphatic heterocycles. The van der Waals surface area contributed by atoms with Crippen LogP contribution in [0.4, 0.5) is 0 Å². The first-order valence-electron chi connectivity index (χ1n) is 4.90. The summed E-state index contributed by atoms with van der Waals surface area (Å²) in [4.78, 5) is 7.60. The largest absolute Gasteiger partial charge is 0.489 e. The number of nitrogens with zero attached hydrogens (tertiary/aromatic N) is 2. The maximum absolute atomic E-state index is 9.31. The summed E-state index contributed by atoms with van der Waals surface area (Å²) in [6, 6.07) is 5.03. The summed E-state index contributed by atoms with van der Waals surface area (Å²) in [7, 11) is 0. The number of aromatic hydroxyl groups is 1. The molecule has 2 rings (SSSR count). The van der Waals surface area contributed by atoms with Crippen LogP contribution in [0, 0.1) is 0 Å². The van der Waals surface area contributed by atoms with Gasteiger partial charge in [-0.15, -0.1) is 0 Å². The summed E-state index contributed by atoms with van der Waals surface area (Å²) in [5.74, 6) is 0.590. The van der Waals surface area contributed by atoms with Crippen molar-refractivity contribution in [2.24, 2.45) is 0 Å². The van der Waals surface area contributed by atoms with Crippen LogP contribution in [-0.4, -0.2) is 21.2 Å². The van der Waals surface area contributed by atoms with Crippen LogP contribution in [0.25, 0.3) is 10.9 Å². The van der Waals surface area contributed by atoms with Gasteiger partial charge >= 0.3 is 6.01 Å². The molecule has 0 unspecified atom stereocenters. The lowest BCUT2D eigenvalue weighted by atomic mass is 10.2. The molecule has 5 heteroatoms. The van der Waals surface area contributed by atoms with Gasteiger partial charge in [-0.1, -0.05) is 17.7 Å². The fourth-order valence-electron chi connectivity index (χ4n) is 1.43. The number of hydrogen-bond donors (Lipinski definition) is 1. The topological polar surface area (TPSA) is 55.2 Å². The van der Waals surface area contributed by atoms with E-state index in [-0.39, 0.29) is 17.3 Å². The average molecular weight is 239 g/mol. The third-order valence-corrected chi connectivity index (χ3v) is 2.28. The molecule has 0 spiro atoms. The lowest BCUT2D eigenvalue weighted by Crippen LogP contribution is -2.06. The highest BCUT2D eigenvalue weighted by Gasteiger charge is 2.10. The Balaban J connectivity index is 2.66. The van der Waals surface area contributed by atoms with Crippen molar-refractivity contribution < 1.29 is 9.84 Å². The van der Waals surface area contributed by atoms with Crippen LogP contribution < -0.4 is 4.74 Å². The van der Waals surface area contributed by atoms with Gasteiger partial charge in [-0.2, -0.15) is 9.97 Å².